The van der Waals surface area contributed by atoms with E-state index in [9.17, 15) is 0 Å². The van der Waals surface area contributed by atoms with E-state index in [2.05, 4.69) is 25.6 Å². The number of furan rings is 1. The molecule has 0 aliphatic carbocycles. The Morgan fingerprint density at radius 3 is 1.69 bits per heavy atom. The van der Waals surface area contributed by atoms with Gasteiger partial charge in [-0.2, -0.15) is 0 Å². The maximum Gasteiger partial charge on any atom is 0.153 e. The molecule has 0 amide bonds. The zero-order valence-electron chi connectivity index (χ0n) is 24.8. The monoisotopic (exact) mass is 697 g/mol. The van der Waals surface area contributed by atoms with Crippen LogP contribution in [0.1, 0.15) is 36.3 Å². The Balaban J connectivity index is 0.000000414. The number of pyridine rings is 1. The number of hydrogen-bond acceptors (Lipinski definition) is 10. The number of nitrogens with two attached hydrogens (primary N) is 2. The van der Waals surface area contributed by atoms with Gasteiger partial charge in [-0.25, -0.2) is 9.98 Å². The van der Waals surface area contributed by atoms with Crippen molar-refractivity contribution in [2.24, 2.45) is 21.5 Å². The third-order valence-electron chi connectivity index (χ3n) is 6.58. The minimum absolute atomic E-state index is 0. The van der Waals surface area contributed by atoms with Gasteiger partial charge in [0, 0.05) is 32.0 Å². The first kappa shape index (κ1) is 39.5. The van der Waals surface area contributed by atoms with Gasteiger partial charge in [-0.3, -0.25) is 4.98 Å². The van der Waals surface area contributed by atoms with Crippen LogP contribution in [0.2, 0.25) is 0 Å². The molecule has 2 aliphatic heterocycles. The molecule has 0 saturated heterocycles. The molecule has 4 aromatic rings. The Kier molecular flexibility index (Phi) is 16.8. The van der Waals surface area contributed by atoms with Crippen LogP contribution in [0.5, 0.6) is 11.5 Å². The van der Waals surface area contributed by atoms with Crippen molar-refractivity contribution in [3.05, 3.63) is 102 Å². The summed E-state index contributed by atoms with van der Waals surface area (Å²) in [7, 11) is 0. The molecule has 0 saturated carbocycles. The van der Waals surface area contributed by atoms with Crippen molar-refractivity contribution in [3.8, 4) is 11.5 Å². The van der Waals surface area contributed by atoms with Gasteiger partial charge < -0.3 is 36.0 Å². The standard InChI is InChI=1S/C16H18N4O.C15H17N3O2.4ClH/c1-11-16(17)20-14-7-12(4-5-15(14)21-11)8-19-10-13-3-2-6-18-9-13;1-10-15(16)18-13-7-11(4-5-14(13)20-10)8-17-9-12-3-2-6-19-12;;;;/h2-7,9,11,19H,8,10H2,1H3,(H2,17,20);2-7,10,17H,8-9H2,1H3,(H2,16,18);4*1H. The Morgan fingerprint density at radius 2 is 1.20 bits per heavy atom. The van der Waals surface area contributed by atoms with Crippen LogP contribution in [0.25, 0.3) is 0 Å². The summed E-state index contributed by atoms with van der Waals surface area (Å²) in [6.07, 6.45) is 4.99. The maximum absolute atomic E-state index is 5.82. The number of fused-ring (bicyclic) bond motifs is 2. The highest BCUT2D eigenvalue weighted by Crippen LogP contribution is 2.33. The average Bonchev–Trinajstić information content (AvgIpc) is 3.49. The van der Waals surface area contributed by atoms with Crippen LogP contribution in [0.4, 0.5) is 11.4 Å². The highest BCUT2D eigenvalue weighted by Gasteiger charge is 2.19. The quantitative estimate of drug-likeness (QED) is 0.171. The summed E-state index contributed by atoms with van der Waals surface area (Å²) in [5, 5.41) is 6.70. The molecule has 2 aromatic heterocycles. The van der Waals surface area contributed by atoms with Crippen molar-refractivity contribution in [2.75, 3.05) is 0 Å². The second kappa shape index (κ2) is 19.1. The fourth-order valence-electron chi connectivity index (χ4n) is 4.28. The van der Waals surface area contributed by atoms with Crippen LogP contribution in [-0.2, 0) is 26.2 Å². The number of nitrogens with one attached hydrogen (secondary N) is 2. The van der Waals surface area contributed by atoms with Gasteiger partial charge in [-0.05, 0) is 73.0 Å². The zero-order chi connectivity index (χ0) is 28.6. The number of hydrogen-bond donors (Lipinski definition) is 4. The molecule has 2 unspecified atom stereocenters. The second-order valence-corrected chi connectivity index (χ2v) is 9.85. The van der Waals surface area contributed by atoms with Crippen LogP contribution >= 0.6 is 49.6 Å². The molecule has 45 heavy (non-hydrogen) atoms. The molecule has 2 aliphatic rings. The van der Waals surface area contributed by atoms with Crippen molar-refractivity contribution in [3.63, 3.8) is 0 Å². The molecule has 2 aromatic carbocycles. The van der Waals surface area contributed by atoms with Gasteiger partial charge in [0.25, 0.3) is 0 Å². The van der Waals surface area contributed by atoms with E-state index in [4.69, 9.17) is 25.4 Å². The Morgan fingerprint density at radius 1 is 0.667 bits per heavy atom. The third kappa shape index (κ3) is 11.1. The van der Waals surface area contributed by atoms with Gasteiger partial charge >= 0.3 is 0 Å². The lowest BCUT2D eigenvalue weighted by Crippen LogP contribution is -2.33. The minimum atomic E-state index is -0.162. The largest absolute Gasteiger partial charge is 0.481 e. The van der Waals surface area contributed by atoms with Gasteiger partial charge in [0.2, 0.25) is 0 Å². The summed E-state index contributed by atoms with van der Waals surface area (Å²) < 4.78 is 16.6. The average molecular weight is 700 g/mol. The summed E-state index contributed by atoms with van der Waals surface area (Å²) in [4.78, 5) is 12.8. The second-order valence-electron chi connectivity index (χ2n) is 9.85. The van der Waals surface area contributed by atoms with Gasteiger partial charge in [-0.1, -0.05) is 18.2 Å². The number of rotatable bonds is 8. The normalized spacial score (nSPS) is 15.5. The van der Waals surface area contributed by atoms with Gasteiger partial charge in [0.05, 0.1) is 12.8 Å². The minimum Gasteiger partial charge on any atom is -0.481 e. The molecule has 14 heteroatoms. The fraction of sp³-hybridized carbons (Fsp3) is 0.258. The number of amidine groups is 2. The first-order chi connectivity index (χ1) is 19.9. The Bertz CT molecular complexity index is 1520. The molecule has 10 nitrogen and oxygen atoms in total. The molecule has 0 spiro atoms. The van der Waals surface area contributed by atoms with E-state index in [-0.39, 0.29) is 61.8 Å². The molecule has 0 radical (unpaired) electrons. The first-order valence-electron chi connectivity index (χ1n) is 13.5. The van der Waals surface area contributed by atoms with Crippen LogP contribution in [0.15, 0.2) is 93.7 Å². The van der Waals surface area contributed by atoms with Crippen molar-refractivity contribution in [1.29, 1.82) is 0 Å². The van der Waals surface area contributed by atoms with Crippen LogP contribution < -0.4 is 31.6 Å². The van der Waals surface area contributed by atoms with Crippen molar-refractivity contribution < 1.29 is 13.9 Å². The van der Waals surface area contributed by atoms with E-state index in [1.807, 2.05) is 80.7 Å². The van der Waals surface area contributed by atoms with Crippen molar-refractivity contribution in [2.45, 2.75) is 52.2 Å². The molecule has 0 bridgehead atoms. The molecule has 0 fully saturated rings. The SMILES string of the molecule is CC1Oc2ccc(CNCc3cccnc3)cc2N=C1N.CC1Oc2ccc(CNCc3ccco3)cc2N=C1N.Cl.Cl.Cl.Cl. The molecular weight excluding hydrogens is 660 g/mol. The Hall–Kier alpha value is -3.51. The summed E-state index contributed by atoms with van der Waals surface area (Å²) >= 11 is 0. The zero-order valence-corrected chi connectivity index (χ0v) is 28.1. The van der Waals surface area contributed by atoms with E-state index in [1.165, 1.54) is 0 Å². The predicted molar refractivity (Wildman–Crippen MR) is 189 cm³/mol. The predicted octanol–water partition coefficient (Wildman–Crippen LogP) is 6.17. The molecule has 6 rings (SSSR count). The fourth-order valence-corrected chi connectivity index (χ4v) is 4.28. The van der Waals surface area contributed by atoms with Gasteiger partial charge in [0.1, 0.15) is 40.3 Å². The molecular formula is C31H39Cl4N7O3. The van der Waals surface area contributed by atoms with Gasteiger partial charge in [-0.15, -0.1) is 49.6 Å². The van der Waals surface area contributed by atoms with Crippen LogP contribution in [-0.4, -0.2) is 28.9 Å². The van der Waals surface area contributed by atoms with E-state index in [0.717, 1.165) is 65.0 Å². The summed E-state index contributed by atoms with van der Waals surface area (Å²) in [6.45, 7) is 6.75. The Labute approximate surface area is 288 Å². The third-order valence-corrected chi connectivity index (χ3v) is 6.58. The van der Waals surface area contributed by atoms with Crippen molar-refractivity contribution >= 4 is 72.7 Å². The molecule has 2 atom stereocenters. The maximum atomic E-state index is 5.82. The summed E-state index contributed by atoms with van der Waals surface area (Å²) in [5.74, 6) is 3.51. The first-order valence-corrected chi connectivity index (χ1v) is 13.5. The van der Waals surface area contributed by atoms with Gasteiger partial charge in [0.15, 0.2) is 12.2 Å². The van der Waals surface area contributed by atoms with Crippen molar-refractivity contribution in [1.82, 2.24) is 15.6 Å². The van der Waals surface area contributed by atoms with E-state index in [1.54, 1.807) is 12.5 Å². The summed E-state index contributed by atoms with van der Waals surface area (Å²) in [6, 6.07) is 19.8. The number of aliphatic imine (C=N–C) groups is 2. The smallest absolute Gasteiger partial charge is 0.153 e. The topological polar surface area (TPSA) is 145 Å². The lowest BCUT2D eigenvalue weighted by Gasteiger charge is -2.21. The number of aromatic nitrogens is 1. The number of nitrogens with zero attached hydrogens (tertiary/aromatic N) is 3. The summed E-state index contributed by atoms with van der Waals surface area (Å²) in [5.41, 5.74) is 16.7. The molecule has 244 valence electrons. The van der Waals surface area contributed by atoms with E-state index < -0.39 is 0 Å². The van der Waals surface area contributed by atoms with E-state index >= 15 is 0 Å². The van der Waals surface area contributed by atoms with Crippen LogP contribution in [0, 0.1) is 0 Å². The number of benzene rings is 2. The lowest BCUT2D eigenvalue weighted by atomic mass is 10.1. The lowest BCUT2D eigenvalue weighted by molar-refractivity contribution is 0.281. The number of halogens is 4. The van der Waals surface area contributed by atoms with Crippen LogP contribution in [0.3, 0.4) is 0 Å². The highest BCUT2D eigenvalue weighted by atomic mass is 35.5. The molecule has 4 heterocycles. The molecule has 6 N–H and O–H groups in total. The van der Waals surface area contributed by atoms with E-state index in [0.29, 0.717) is 18.2 Å². The number of ether oxygens (including phenoxy) is 2. The highest BCUT2D eigenvalue weighted by molar-refractivity contribution is 5.90.